The lowest BCUT2D eigenvalue weighted by Gasteiger charge is -2.29. The van der Waals surface area contributed by atoms with Gasteiger partial charge in [-0.05, 0) is 55.6 Å². The summed E-state index contributed by atoms with van der Waals surface area (Å²) in [7, 11) is 0. The number of halogens is 2. The average molecular weight is 521 g/mol. The van der Waals surface area contributed by atoms with Crippen LogP contribution in [0, 0.1) is 0 Å². The van der Waals surface area contributed by atoms with Crippen molar-refractivity contribution < 1.29 is 9.59 Å². The van der Waals surface area contributed by atoms with Crippen LogP contribution >= 0.6 is 23.2 Å². The third-order valence-electron chi connectivity index (χ3n) is 6.91. The molecule has 0 rings (SSSR count). The van der Waals surface area contributed by atoms with Gasteiger partial charge in [-0.15, -0.1) is 0 Å². The van der Waals surface area contributed by atoms with Crippen LogP contribution in [0.4, 0.5) is 0 Å². The van der Waals surface area contributed by atoms with E-state index in [2.05, 4.69) is 18.7 Å². The number of hydrogen-bond acceptors (Lipinski definition) is 3. The fraction of sp³-hybridized carbons (Fsp3) is 0.931. The molecule has 0 N–H and O–H groups in total. The van der Waals surface area contributed by atoms with Gasteiger partial charge in [-0.1, -0.05) is 129 Å². The molecule has 0 aliphatic carbocycles. The quantitative estimate of drug-likeness (QED) is 0.0799. The van der Waals surface area contributed by atoms with Gasteiger partial charge in [0.1, 0.15) is 0 Å². The second-order valence-corrected chi connectivity index (χ2v) is 10.9. The Balaban J connectivity index is 4.22. The summed E-state index contributed by atoms with van der Waals surface area (Å²) in [5.41, 5.74) is 0. The number of hydrogen-bond donors (Lipinski definition) is 0. The average Bonchev–Trinajstić information content (AvgIpc) is 2.80. The van der Waals surface area contributed by atoms with Gasteiger partial charge in [-0.25, -0.2) is 0 Å². The van der Waals surface area contributed by atoms with Crippen LogP contribution in [0.15, 0.2) is 0 Å². The Bertz CT molecular complexity index is 449. The number of carbonyl (C=O) groups excluding carboxylic acids is 2. The lowest BCUT2D eigenvalue weighted by Crippen LogP contribution is -2.41. The highest BCUT2D eigenvalue weighted by atomic mass is 35.5. The van der Waals surface area contributed by atoms with E-state index in [9.17, 15) is 9.59 Å². The topological polar surface area (TPSA) is 37.4 Å². The van der Waals surface area contributed by atoms with Crippen LogP contribution in [0.1, 0.15) is 155 Å². The van der Waals surface area contributed by atoms with E-state index in [1.54, 1.807) is 0 Å². The first-order valence-corrected chi connectivity index (χ1v) is 15.4. The van der Waals surface area contributed by atoms with Crippen molar-refractivity contribution in [2.24, 2.45) is 0 Å². The lowest BCUT2D eigenvalue weighted by atomic mass is 10.0. The van der Waals surface area contributed by atoms with E-state index in [-0.39, 0.29) is 22.9 Å². The molecule has 0 unspecified atom stereocenters. The van der Waals surface area contributed by atoms with Crippen molar-refractivity contribution in [1.29, 1.82) is 0 Å². The van der Waals surface area contributed by atoms with Gasteiger partial charge in [0.05, 0.1) is 6.04 Å². The predicted molar refractivity (Wildman–Crippen MR) is 150 cm³/mol. The second-order valence-electron chi connectivity index (χ2n) is 10.1. The highest BCUT2D eigenvalue weighted by Crippen LogP contribution is 2.17. The van der Waals surface area contributed by atoms with Crippen molar-refractivity contribution in [3.05, 3.63) is 0 Å². The summed E-state index contributed by atoms with van der Waals surface area (Å²) in [5.74, 6) is 0. The molecule has 0 bridgehead atoms. The van der Waals surface area contributed by atoms with E-state index in [1.807, 2.05) is 0 Å². The summed E-state index contributed by atoms with van der Waals surface area (Å²) >= 11 is 11.5. The smallest absolute Gasteiger partial charge is 0.238 e. The zero-order valence-corrected chi connectivity index (χ0v) is 24.1. The molecule has 0 aliphatic rings. The first kappa shape index (κ1) is 33.9. The van der Waals surface area contributed by atoms with Gasteiger partial charge in [-0.2, -0.15) is 0 Å². The second kappa shape index (κ2) is 26.0. The highest BCUT2D eigenvalue weighted by molar-refractivity contribution is 6.65. The summed E-state index contributed by atoms with van der Waals surface area (Å²) in [6.07, 6.45) is 26.6. The Kier molecular flexibility index (Phi) is 25.9. The summed E-state index contributed by atoms with van der Waals surface area (Å²) < 4.78 is 0. The Labute approximate surface area is 222 Å². The Morgan fingerprint density at radius 3 is 1.18 bits per heavy atom. The molecule has 0 aliphatic heterocycles. The first-order valence-electron chi connectivity index (χ1n) is 14.6. The molecule has 5 heteroatoms. The molecule has 1 atom stereocenters. The van der Waals surface area contributed by atoms with Crippen molar-refractivity contribution in [1.82, 2.24) is 4.90 Å². The number of unbranched alkanes of at least 4 members (excludes halogenated alkanes) is 18. The first-order chi connectivity index (χ1) is 16.5. The summed E-state index contributed by atoms with van der Waals surface area (Å²) in [6, 6.07) is -0.388. The molecule has 0 heterocycles. The van der Waals surface area contributed by atoms with Gasteiger partial charge in [0.25, 0.3) is 0 Å². The zero-order chi connectivity index (χ0) is 25.3. The third-order valence-corrected chi connectivity index (χ3v) is 7.36. The summed E-state index contributed by atoms with van der Waals surface area (Å²) in [6.45, 7) is 6.28. The molecular weight excluding hydrogens is 465 g/mol. The fourth-order valence-corrected chi connectivity index (χ4v) is 5.07. The number of carbonyl (C=O) groups is 2. The molecule has 0 amide bonds. The molecule has 0 saturated heterocycles. The minimum absolute atomic E-state index is 0.206. The SMILES string of the molecule is CCCCCCCCCCCCN(CCCCCCCCCCCC)[C@H](CCC(=O)Cl)C(=O)Cl. The van der Waals surface area contributed by atoms with E-state index in [1.165, 1.54) is 116 Å². The molecule has 3 nitrogen and oxygen atoms in total. The van der Waals surface area contributed by atoms with E-state index < -0.39 is 0 Å². The molecule has 0 aromatic heterocycles. The van der Waals surface area contributed by atoms with E-state index >= 15 is 0 Å². The maximum Gasteiger partial charge on any atom is 0.238 e. The van der Waals surface area contributed by atoms with Crippen molar-refractivity contribution >= 4 is 33.7 Å². The maximum atomic E-state index is 12.1. The van der Waals surface area contributed by atoms with Gasteiger partial charge < -0.3 is 0 Å². The van der Waals surface area contributed by atoms with Crippen LogP contribution in [-0.4, -0.2) is 34.5 Å². The summed E-state index contributed by atoms with van der Waals surface area (Å²) in [5, 5.41) is -0.738. The molecule has 0 spiro atoms. The van der Waals surface area contributed by atoms with E-state index in [0.29, 0.717) is 6.42 Å². The monoisotopic (exact) mass is 519 g/mol. The highest BCUT2D eigenvalue weighted by Gasteiger charge is 2.24. The minimum Gasteiger partial charge on any atom is -0.292 e. The Morgan fingerprint density at radius 2 is 0.882 bits per heavy atom. The summed E-state index contributed by atoms with van der Waals surface area (Å²) in [4.78, 5) is 25.6. The van der Waals surface area contributed by atoms with Gasteiger partial charge in [0, 0.05) is 6.42 Å². The van der Waals surface area contributed by atoms with Crippen LogP contribution in [0.5, 0.6) is 0 Å². The number of nitrogens with zero attached hydrogens (tertiary/aromatic N) is 1. The Hall–Kier alpha value is -0.120. The third kappa shape index (κ3) is 22.4. The van der Waals surface area contributed by atoms with Crippen molar-refractivity contribution in [3.8, 4) is 0 Å². The molecule has 0 fully saturated rings. The van der Waals surface area contributed by atoms with Crippen LogP contribution in [-0.2, 0) is 9.59 Å². The fourth-order valence-electron chi connectivity index (χ4n) is 4.72. The van der Waals surface area contributed by atoms with Gasteiger partial charge in [0.15, 0.2) is 0 Å². The molecule has 34 heavy (non-hydrogen) atoms. The molecule has 202 valence electrons. The maximum absolute atomic E-state index is 12.1. The van der Waals surface area contributed by atoms with Crippen LogP contribution in [0.25, 0.3) is 0 Å². The van der Waals surface area contributed by atoms with Crippen molar-refractivity contribution in [2.75, 3.05) is 13.1 Å². The largest absolute Gasteiger partial charge is 0.292 e. The Morgan fingerprint density at radius 1 is 0.559 bits per heavy atom. The molecule has 0 aromatic rings. The molecule has 0 saturated carbocycles. The minimum atomic E-state index is -0.388. The van der Waals surface area contributed by atoms with Gasteiger partial charge >= 0.3 is 0 Å². The number of rotatable bonds is 27. The van der Waals surface area contributed by atoms with Crippen molar-refractivity contribution in [2.45, 2.75) is 161 Å². The lowest BCUT2D eigenvalue weighted by molar-refractivity contribution is -0.117. The standard InChI is InChI=1S/C29H55Cl2NO2/c1-3-5-7-9-11-13-15-17-19-21-25-32(27(29(31)34)23-24-28(30)33)26-22-20-18-16-14-12-10-8-6-4-2/h27H,3-26H2,1-2H3/t27-/m1/s1. The van der Waals surface area contributed by atoms with E-state index in [4.69, 9.17) is 23.2 Å². The van der Waals surface area contributed by atoms with E-state index in [0.717, 1.165) is 25.9 Å². The van der Waals surface area contributed by atoms with Gasteiger partial charge in [-0.3, -0.25) is 14.5 Å². The molecule has 0 radical (unpaired) electrons. The van der Waals surface area contributed by atoms with Gasteiger partial charge in [0.2, 0.25) is 10.5 Å². The van der Waals surface area contributed by atoms with Crippen LogP contribution < -0.4 is 0 Å². The van der Waals surface area contributed by atoms with Crippen molar-refractivity contribution in [3.63, 3.8) is 0 Å². The van der Waals surface area contributed by atoms with Crippen LogP contribution in [0.3, 0.4) is 0 Å². The zero-order valence-electron chi connectivity index (χ0n) is 22.6. The van der Waals surface area contributed by atoms with Crippen LogP contribution in [0.2, 0.25) is 0 Å². The molecular formula is C29H55Cl2NO2. The predicted octanol–water partition coefficient (Wildman–Crippen LogP) is 9.81. The normalized spacial score (nSPS) is 12.4. The molecule has 0 aromatic carbocycles.